The second-order valence-electron chi connectivity index (χ2n) is 6.00. The lowest BCUT2D eigenvalue weighted by molar-refractivity contribution is 0.197. The van der Waals surface area contributed by atoms with Gasteiger partial charge in [0.05, 0.1) is 0 Å². The van der Waals surface area contributed by atoms with E-state index in [1.54, 1.807) is 7.11 Å². The van der Waals surface area contributed by atoms with Crippen LogP contribution in [0.3, 0.4) is 0 Å². The summed E-state index contributed by atoms with van der Waals surface area (Å²) in [7, 11) is 1.73. The molecule has 1 fully saturated rings. The molecule has 23 heavy (non-hydrogen) atoms. The lowest BCUT2D eigenvalue weighted by atomic mass is 10.1. The summed E-state index contributed by atoms with van der Waals surface area (Å²) in [6, 6.07) is 0. The number of hydrogen-bond donors (Lipinski definition) is 2. The molecular formula is C17H37IN4O. The summed E-state index contributed by atoms with van der Waals surface area (Å²) in [5, 5.41) is 6.71. The van der Waals surface area contributed by atoms with Crippen molar-refractivity contribution in [3.8, 4) is 0 Å². The zero-order valence-corrected chi connectivity index (χ0v) is 17.4. The van der Waals surface area contributed by atoms with Crippen LogP contribution < -0.4 is 10.6 Å². The fourth-order valence-corrected chi connectivity index (χ4v) is 2.77. The van der Waals surface area contributed by atoms with Gasteiger partial charge in [0.15, 0.2) is 5.96 Å². The number of halogens is 1. The molecule has 0 aliphatic carbocycles. The van der Waals surface area contributed by atoms with E-state index in [0.717, 1.165) is 38.6 Å². The van der Waals surface area contributed by atoms with Crippen molar-refractivity contribution in [3.63, 3.8) is 0 Å². The van der Waals surface area contributed by atoms with Gasteiger partial charge in [-0.3, -0.25) is 4.99 Å². The Morgan fingerprint density at radius 3 is 2.52 bits per heavy atom. The molecule has 0 aromatic heterocycles. The van der Waals surface area contributed by atoms with Crippen LogP contribution in [0.15, 0.2) is 4.99 Å². The molecule has 0 amide bonds. The zero-order chi connectivity index (χ0) is 15.9. The summed E-state index contributed by atoms with van der Waals surface area (Å²) >= 11 is 0. The van der Waals surface area contributed by atoms with Crippen LogP contribution in [-0.4, -0.2) is 63.8 Å². The molecule has 2 N–H and O–H groups in total. The molecule has 1 rings (SSSR count). The Morgan fingerprint density at radius 2 is 1.83 bits per heavy atom. The molecule has 138 valence electrons. The molecule has 1 aliphatic heterocycles. The molecule has 1 saturated heterocycles. The number of aliphatic imine (C=N–C) groups is 1. The van der Waals surface area contributed by atoms with Gasteiger partial charge in [0, 0.05) is 33.4 Å². The molecule has 0 unspecified atom stereocenters. The number of unbranched alkanes of at least 4 members (excludes halogenated alkanes) is 2. The smallest absolute Gasteiger partial charge is 0.191 e. The van der Waals surface area contributed by atoms with E-state index in [1.165, 1.54) is 58.2 Å². The van der Waals surface area contributed by atoms with Crippen molar-refractivity contribution in [2.45, 2.75) is 51.9 Å². The molecule has 1 heterocycles. The first-order valence-corrected chi connectivity index (χ1v) is 9.10. The predicted molar refractivity (Wildman–Crippen MR) is 110 cm³/mol. The molecule has 0 aromatic rings. The third-order valence-electron chi connectivity index (χ3n) is 4.01. The van der Waals surface area contributed by atoms with Gasteiger partial charge < -0.3 is 20.3 Å². The summed E-state index contributed by atoms with van der Waals surface area (Å²) in [6.45, 7) is 9.53. The number of nitrogens with one attached hydrogen (secondary N) is 2. The second kappa shape index (κ2) is 16.8. The van der Waals surface area contributed by atoms with Crippen molar-refractivity contribution in [3.05, 3.63) is 0 Å². The Balaban J connectivity index is 0.00000484. The largest absolute Gasteiger partial charge is 0.385 e. The highest BCUT2D eigenvalue weighted by Gasteiger charge is 2.08. The molecule has 0 spiro atoms. The van der Waals surface area contributed by atoms with Gasteiger partial charge in [-0.25, -0.2) is 0 Å². The van der Waals surface area contributed by atoms with E-state index in [2.05, 4.69) is 27.4 Å². The van der Waals surface area contributed by atoms with E-state index in [1.807, 2.05) is 0 Å². The van der Waals surface area contributed by atoms with E-state index in [4.69, 9.17) is 4.74 Å². The second-order valence-corrected chi connectivity index (χ2v) is 6.00. The summed E-state index contributed by atoms with van der Waals surface area (Å²) in [4.78, 5) is 7.17. The van der Waals surface area contributed by atoms with Gasteiger partial charge in [0.2, 0.25) is 0 Å². The number of piperidine rings is 1. The van der Waals surface area contributed by atoms with Gasteiger partial charge in [-0.05, 0) is 58.7 Å². The normalized spacial score (nSPS) is 16.0. The van der Waals surface area contributed by atoms with Crippen LogP contribution in [0.5, 0.6) is 0 Å². The van der Waals surface area contributed by atoms with E-state index in [9.17, 15) is 0 Å². The van der Waals surface area contributed by atoms with Crippen LogP contribution in [0.4, 0.5) is 0 Å². The summed E-state index contributed by atoms with van der Waals surface area (Å²) in [5.41, 5.74) is 0. The molecule has 0 bridgehead atoms. The first-order chi connectivity index (χ1) is 10.9. The Morgan fingerprint density at radius 1 is 1.04 bits per heavy atom. The summed E-state index contributed by atoms with van der Waals surface area (Å²) in [5.74, 6) is 0.939. The fraction of sp³-hybridized carbons (Fsp3) is 0.941. The minimum absolute atomic E-state index is 0. The monoisotopic (exact) mass is 440 g/mol. The predicted octanol–water partition coefficient (Wildman–Crippen LogP) is 2.85. The summed E-state index contributed by atoms with van der Waals surface area (Å²) in [6.07, 6.45) is 9.03. The van der Waals surface area contributed by atoms with Gasteiger partial charge in [0.25, 0.3) is 0 Å². The van der Waals surface area contributed by atoms with Crippen LogP contribution >= 0.6 is 24.0 Å². The number of rotatable bonds is 11. The lowest BCUT2D eigenvalue weighted by Gasteiger charge is -2.26. The van der Waals surface area contributed by atoms with Crippen molar-refractivity contribution in [2.75, 3.05) is 53.0 Å². The molecular weight excluding hydrogens is 403 g/mol. The molecule has 5 nitrogen and oxygen atoms in total. The van der Waals surface area contributed by atoms with E-state index in [0.29, 0.717) is 0 Å². The Labute approximate surface area is 160 Å². The third kappa shape index (κ3) is 12.9. The number of guanidine groups is 1. The summed E-state index contributed by atoms with van der Waals surface area (Å²) < 4.78 is 5.04. The highest BCUT2D eigenvalue weighted by atomic mass is 127. The fourth-order valence-electron chi connectivity index (χ4n) is 2.77. The number of nitrogens with zero attached hydrogens (tertiary/aromatic N) is 2. The van der Waals surface area contributed by atoms with E-state index < -0.39 is 0 Å². The molecule has 0 saturated carbocycles. The van der Waals surface area contributed by atoms with Crippen LogP contribution in [0.25, 0.3) is 0 Å². The Hall–Kier alpha value is -0.0800. The molecule has 0 atom stereocenters. The highest BCUT2D eigenvalue weighted by molar-refractivity contribution is 14.0. The minimum Gasteiger partial charge on any atom is -0.385 e. The number of ether oxygens (including phenoxy) is 1. The van der Waals surface area contributed by atoms with Crippen molar-refractivity contribution >= 4 is 29.9 Å². The molecule has 0 aromatic carbocycles. The number of methoxy groups -OCH3 is 1. The first-order valence-electron chi connectivity index (χ1n) is 9.10. The quantitative estimate of drug-likeness (QED) is 0.225. The number of hydrogen-bond acceptors (Lipinski definition) is 3. The Bertz CT molecular complexity index is 284. The maximum Gasteiger partial charge on any atom is 0.191 e. The van der Waals surface area contributed by atoms with Crippen molar-refractivity contribution in [1.82, 2.24) is 15.5 Å². The zero-order valence-electron chi connectivity index (χ0n) is 15.1. The van der Waals surface area contributed by atoms with Crippen molar-refractivity contribution < 1.29 is 4.74 Å². The average molecular weight is 440 g/mol. The van der Waals surface area contributed by atoms with Crippen molar-refractivity contribution in [1.29, 1.82) is 0 Å². The molecule has 6 heteroatoms. The van der Waals surface area contributed by atoms with Gasteiger partial charge >= 0.3 is 0 Å². The van der Waals surface area contributed by atoms with Crippen LogP contribution in [0.2, 0.25) is 0 Å². The van der Waals surface area contributed by atoms with Crippen molar-refractivity contribution in [2.24, 2.45) is 4.99 Å². The molecule has 1 aliphatic rings. The van der Waals surface area contributed by atoms with Crippen LogP contribution in [-0.2, 0) is 4.74 Å². The standard InChI is InChI=1S/C17H36N4O.HI/c1-3-18-17(20-12-10-16-22-2)19-11-6-4-7-13-21-14-8-5-9-15-21;/h3-16H2,1-2H3,(H2,18,19,20);1H. The first kappa shape index (κ1) is 22.9. The van der Waals surface area contributed by atoms with Gasteiger partial charge in [-0.2, -0.15) is 0 Å². The average Bonchev–Trinajstić information content (AvgIpc) is 2.55. The Kier molecular flexibility index (Phi) is 16.7. The van der Waals surface area contributed by atoms with Gasteiger partial charge in [0.1, 0.15) is 0 Å². The highest BCUT2D eigenvalue weighted by Crippen LogP contribution is 2.09. The maximum atomic E-state index is 5.04. The SMILES string of the molecule is CCNC(=NCCCOC)NCCCCCN1CCCCC1.I. The van der Waals surface area contributed by atoms with Crippen LogP contribution in [0.1, 0.15) is 51.9 Å². The van der Waals surface area contributed by atoms with Crippen LogP contribution in [0, 0.1) is 0 Å². The minimum atomic E-state index is 0. The third-order valence-corrected chi connectivity index (χ3v) is 4.01. The lowest BCUT2D eigenvalue weighted by Crippen LogP contribution is -2.38. The maximum absolute atomic E-state index is 5.04. The molecule has 0 radical (unpaired) electrons. The topological polar surface area (TPSA) is 48.9 Å². The van der Waals surface area contributed by atoms with Gasteiger partial charge in [-0.15, -0.1) is 24.0 Å². The van der Waals surface area contributed by atoms with E-state index >= 15 is 0 Å². The van der Waals surface area contributed by atoms with E-state index in [-0.39, 0.29) is 24.0 Å². The van der Waals surface area contributed by atoms with Gasteiger partial charge in [-0.1, -0.05) is 12.8 Å². The number of likely N-dealkylation sites (tertiary alicyclic amines) is 1.